The fourth-order valence-corrected chi connectivity index (χ4v) is 2.90. The molecule has 6 nitrogen and oxygen atoms in total. The molecule has 4 N–H and O–H groups in total. The Kier molecular flexibility index (Phi) is 17.5. The van der Waals surface area contributed by atoms with E-state index in [2.05, 4.69) is 9.47 Å². The van der Waals surface area contributed by atoms with Gasteiger partial charge >= 0.3 is 14.8 Å². The standard InChI is InChI=1S/C8H16N2O4S2.2ClH/c1-13-7(11)5(9)3-15-16-4-6(10)8(12)14-2;;/h5-6H,3-4,9-10H2,1-2H3;2*1H. The Morgan fingerprint density at radius 2 is 1.28 bits per heavy atom. The number of methoxy groups -OCH3 is 2. The van der Waals surface area contributed by atoms with Crippen LogP contribution in [0.3, 0.4) is 0 Å². The highest BCUT2D eigenvalue weighted by Gasteiger charge is 2.16. The normalized spacial score (nSPS) is 12.4. The minimum Gasteiger partial charge on any atom is -1.00 e. The molecule has 0 aliphatic heterocycles. The van der Waals surface area contributed by atoms with Gasteiger partial charge in [0.15, 0.2) is 0 Å². The van der Waals surface area contributed by atoms with E-state index in [1.807, 2.05) is 0 Å². The number of halogens is 2. The van der Waals surface area contributed by atoms with Crippen LogP contribution in [0, 0.1) is 0 Å². The molecule has 0 spiro atoms. The van der Waals surface area contributed by atoms with Crippen molar-refractivity contribution in [3.63, 3.8) is 0 Å². The van der Waals surface area contributed by atoms with Crippen LogP contribution in [0.4, 0.5) is 0 Å². The van der Waals surface area contributed by atoms with E-state index in [9.17, 15) is 9.59 Å². The number of nitrogens with two attached hydrogens (primary N) is 2. The lowest BCUT2D eigenvalue weighted by Crippen LogP contribution is -3.00. The van der Waals surface area contributed by atoms with Gasteiger partial charge < -0.3 is 45.8 Å². The van der Waals surface area contributed by atoms with Crippen molar-refractivity contribution < 1.29 is 46.7 Å². The molecule has 110 valence electrons. The molecule has 0 aromatic heterocycles. The molecule has 0 aliphatic carbocycles. The van der Waals surface area contributed by atoms with E-state index in [0.29, 0.717) is 11.5 Å². The van der Waals surface area contributed by atoms with Crippen molar-refractivity contribution in [2.24, 2.45) is 11.5 Å². The van der Waals surface area contributed by atoms with E-state index < -0.39 is 24.0 Å². The smallest absolute Gasteiger partial charge is 1.00 e. The first-order chi connectivity index (χ1) is 7.52. The Morgan fingerprint density at radius 3 is 1.50 bits per heavy atom. The first-order valence-corrected chi connectivity index (χ1v) is 6.93. The van der Waals surface area contributed by atoms with Crippen molar-refractivity contribution in [2.45, 2.75) is 12.1 Å². The monoisotopic (exact) mass is 340 g/mol. The molecule has 0 bridgehead atoms. The molecule has 0 radical (unpaired) electrons. The van der Waals surface area contributed by atoms with Crippen molar-refractivity contribution in [1.82, 2.24) is 0 Å². The van der Waals surface area contributed by atoms with Crippen molar-refractivity contribution in [1.29, 1.82) is 0 Å². The fraction of sp³-hybridized carbons (Fsp3) is 0.750. The van der Waals surface area contributed by atoms with E-state index in [1.165, 1.54) is 35.8 Å². The third-order valence-electron chi connectivity index (χ3n) is 1.59. The van der Waals surface area contributed by atoms with Gasteiger partial charge in [0, 0.05) is 11.5 Å². The van der Waals surface area contributed by atoms with Crippen molar-refractivity contribution in [2.75, 3.05) is 25.7 Å². The van der Waals surface area contributed by atoms with Crippen LogP contribution < -0.4 is 36.3 Å². The number of hydrogen-bond acceptors (Lipinski definition) is 8. The van der Waals surface area contributed by atoms with E-state index in [1.54, 1.807) is 0 Å². The maximum Gasteiger partial charge on any atom is 1.00 e. The zero-order valence-corrected chi connectivity index (χ0v) is 13.1. The summed E-state index contributed by atoms with van der Waals surface area (Å²) < 4.78 is 8.92. The van der Waals surface area contributed by atoms with Gasteiger partial charge in [-0.3, -0.25) is 9.59 Å². The Balaban J connectivity index is -0.000000187. The van der Waals surface area contributed by atoms with Crippen LogP contribution in [-0.4, -0.2) is 49.7 Å². The molecule has 0 amide bonds. The maximum absolute atomic E-state index is 10.9. The molecule has 2 atom stereocenters. The Morgan fingerprint density at radius 1 is 1.00 bits per heavy atom. The molecule has 18 heavy (non-hydrogen) atoms. The molecule has 10 heteroatoms. The molecule has 0 aromatic rings. The van der Waals surface area contributed by atoms with Gasteiger partial charge in [0.25, 0.3) is 0 Å². The summed E-state index contributed by atoms with van der Waals surface area (Å²) >= 11 is 0. The number of carbonyl (C=O) groups excluding carboxylic acids is 2. The highest BCUT2D eigenvalue weighted by molar-refractivity contribution is 8.76. The number of hydrogen-bond donors (Lipinski definition) is 2. The average Bonchev–Trinajstić information content (AvgIpc) is 2.31. The van der Waals surface area contributed by atoms with Crippen LogP contribution in [0.25, 0.3) is 0 Å². The van der Waals surface area contributed by atoms with E-state index in [4.69, 9.17) is 11.5 Å². The quantitative estimate of drug-likeness (QED) is 0.268. The van der Waals surface area contributed by atoms with Gasteiger partial charge in [-0.25, -0.2) is 0 Å². The molecule has 0 saturated carbocycles. The van der Waals surface area contributed by atoms with Crippen LogP contribution in [0.2, 0.25) is 0 Å². The lowest BCUT2D eigenvalue weighted by Gasteiger charge is -2.10. The van der Waals surface area contributed by atoms with Gasteiger partial charge in [0.2, 0.25) is 0 Å². The molecule has 0 saturated heterocycles. The molecule has 0 rings (SSSR count). The fourth-order valence-electron chi connectivity index (χ4n) is 0.682. The van der Waals surface area contributed by atoms with Gasteiger partial charge in [0.05, 0.1) is 14.2 Å². The number of ether oxygens (including phenoxy) is 2. The van der Waals surface area contributed by atoms with Gasteiger partial charge in [-0.2, -0.15) is 0 Å². The van der Waals surface area contributed by atoms with E-state index in [-0.39, 0.29) is 27.7 Å². The minimum absolute atomic E-state index is 0. The lowest BCUT2D eigenvalue weighted by molar-refractivity contribution is -0.142. The zero-order valence-electron chi connectivity index (χ0n) is 11.9. The second kappa shape index (κ2) is 13.6. The van der Waals surface area contributed by atoms with Crippen LogP contribution in [0.15, 0.2) is 0 Å². The summed E-state index contributed by atoms with van der Waals surface area (Å²) in [5.74, 6) is -0.0908. The summed E-state index contributed by atoms with van der Waals surface area (Å²) in [4.78, 5) is 21.9. The minimum atomic E-state index is -0.656. The second-order valence-corrected chi connectivity index (χ2v) is 5.38. The summed E-state index contributed by atoms with van der Waals surface area (Å²) in [6.45, 7) is 0. The van der Waals surface area contributed by atoms with Gasteiger partial charge in [-0.15, -0.1) is 0 Å². The van der Waals surface area contributed by atoms with Crippen LogP contribution >= 0.6 is 21.6 Å². The molecule has 0 aromatic carbocycles. The third-order valence-corrected chi connectivity index (χ3v) is 4.06. The van der Waals surface area contributed by atoms with Crippen molar-refractivity contribution >= 4 is 33.5 Å². The second-order valence-electron chi connectivity index (χ2n) is 2.83. The summed E-state index contributed by atoms with van der Waals surface area (Å²) in [6.07, 6.45) is 0. The zero-order chi connectivity index (χ0) is 12.6. The first-order valence-electron chi connectivity index (χ1n) is 4.44. The van der Waals surface area contributed by atoms with Crippen molar-refractivity contribution in [3.8, 4) is 0 Å². The Bertz CT molecular complexity index is 235. The third kappa shape index (κ3) is 10.1. The van der Waals surface area contributed by atoms with Crippen LogP contribution in [0.1, 0.15) is 2.85 Å². The maximum atomic E-state index is 10.9. The van der Waals surface area contributed by atoms with E-state index in [0.717, 1.165) is 0 Å². The molecule has 0 aliphatic rings. The van der Waals surface area contributed by atoms with Crippen LogP contribution in [-0.2, 0) is 19.1 Å². The summed E-state index contributed by atoms with van der Waals surface area (Å²) in [5, 5.41) is 0. The average molecular weight is 341 g/mol. The molecule has 2 unspecified atom stereocenters. The predicted octanol–water partition coefficient (Wildman–Crippen LogP) is -6.40. The Labute approximate surface area is 129 Å². The SMILES string of the molecule is COC(=O)C(N)CSSCC(N)C(=O)OC.[Cl-].[Cl-].[H+].[H+]. The van der Waals surface area contributed by atoms with E-state index >= 15 is 0 Å². The highest BCUT2D eigenvalue weighted by atomic mass is 35.5. The molecule has 0 heterocycles. The molecular formula is C8H18Cl2N2O4S2. The Hall–Kier alpha value is 0.140. The number of rotatable bonds is 7. The number of esters is 2. The van der Waals surface area contributed by atoms with Gasteiger partial charge in [0.1, 0.15) is 12.1 Å². The largest absolute Gasteiger partial charge is 1.00 e. The molecular weight excluding hydrogens is 323 g/mol. The lowest BCUT2D eigenvalue weighted by atomic mass is 10.4. The van der Waals surface area contributed by atoms with Crippen molar-refractivity contribution in [3.05, 3.63) is 0 Å². The van der Waals surface area contributed by atoms with Crippen LogP contribution in [0.5, 0.6) is 0 Å². The molecule has 0 fully saturated rings. The summed E-state index contributed by atoms with van der Waals surface area (Å²) in [7, 11) is 5.30. The summed E-state index contributed by atoms with van der Waals surface area (Å²) in [5.41, 5.74) is 11.0. The summed E-state index contributed by atoms with van der Waals surface area (Å²) in [6, 6.07) is -1.31. The first kappa shape index (κ1) is 23.2. The topological polar surface area (TPSA) is 105 Å². The van der Waals surface area contributed by atoms with Gasteiger partial charge in [-0.05, 0) is 0 Å². The number of carbonyl (C=O) groups is 2. The predicted molar refractivity (Wildman–Crippen MR) is 67.1 cm³/mol. The highest BCUT2D eigenvalue weighted by Crippen LogP contribution is 2.22. The van der Waals surface area contributed by atoms with Gasteiger partial charge in [-0.1, -0.05) is 21.6 Å².